The van der Waals surface area contributed by atoms with Crippen LogP contribution in [0, 0.1) is 6.92 Å². The molecule has 1 N–H and O–H groups in total. The number of nitrogens with zero attached hydrogens (tertiary/aromatic N) is 3. The molecule has 5 nitrogen and oxygen atoms in total. The van der Waals surface area contributed by atoms with Gasteiger partial charge in [0.25, 0.3) is 0 Å². The van der Waals surface area contributed by atoms with Crippen molar-refractivity contribution in [2.45, 2.75) is 26.6 Å². The molecule has 0 saturated carbocycles. The molecule has 3 rings (SSSR count). The molecule has 7 heteroatoms. The third-order valence-corrected chi connectivity index (χ3v) is 5.91. The van der Waals surface area contributed by atoms with Gasteiger partial charge in [0.05, 0.1) is 6.20 Å². The predicted molar refractivity (Wildman–Crippen MR) is 103 cm³/mol. The van der Waals surface area contributed by atoms with Crippen molar-refractivity contribution in [3.8, 4) is 0 Å². The van der Waals surface area contributed by atoms with E-state index in [2.05, 4.69) is 39.9 Å². The Morgan fingerprint density at radius 2 is 1.96 bits per heavy atom. The number of pyridine rings is 1. The average molecular weight is 357 g/mol. The highest BCUT2D eigenvalue weighted by Gasteiger charge is 2.21. The van der Waals surface area contributed by atoms with Gasteiger partial charge < -0.3 is 9.73 Å². The van der Waals surface area contributed by atoms with Crippen LogP contribution in [0.2, 0.25) is 19.6 Å². The van der Waals surface area contributed by atoms with Crippen LogP contribution in [0.3, 0.4) is 0 Å². The first kappa shape index (κ1) is 16.6. The summed E-state index contributed by atoms with van der Waals surface area (Å²) in [5.74, 6) is 1.43. The van der Waals surface area contributed by atoms with Gasteiger partial charge in [0.15, 0.2) is 5.13 Å². The summed E-state index contributed by atoms with van der Waals surface area (Å²) in [6.07, 6.45) is 9.29. The fourth-order valence-electron chi connectivity index (χ4n) is 2.00. The fraction of sp³-hybridized carbons (Fsp3) is 0.235. The van der Waals surface area contributed by atoms with Crippen molar-refractivity contribution in [2.75, 3.05) is 5.32 Å². The largest absolute Gasteiger partial charge is 0.447 e. The first-order chi connectivity index (χ1) is 11.4. The van der Waals surface area contributed by atoms with Gasteiger partial charge in [0, 0.05) is 23.3 Å². The summed E-state index contributed by atoms with van der Waals surface area (Å²) in [4.78, 5) is 14.0. The lowest BCUT2D eigenvalue weighted by Crippen LogP contribution is -2.36. The fourth-order valence-corrected chi connectivity index (χ4v) is 3.59. The molecule has 3 heterocycles. The Labute approximate surface area is 146 Å². The van der Waals surface area contributed by atoms with E-state index in [-0.39, 0.29) is 0 Å². The molecule has 0 aliphatic carbocycles. The molecule has 0 fully saturated rings. The molecular formula is C17H20N4OSSi. The molecule has 0 unspecified atom stereocenters. The molecule has 0 bridgehead atoms. The summed E-state index contributed by atoms with van der Waals surface area (Å²) >= 11 is 1.56. The lowest BCUT2D eigenvalue weighted by atomic mass is 10.3. The maximum Gasteiger partial charge on any atom is 0.218 e. The Morgan fingerprint density at radius 3 is 2.67 bits per heavy atom. The minimum absolute atomic E-state index is 0.635. The van der Waals surface area contributed by atoms with Gasteiger partial charge in [-0.15, -0.1) is 0 Å². The van der Waals surface area contributed by atoms with Crippen molar-refractivity contribution in [1.82, 2.24) is 15.0 Å². The van der Waals surface area contributed by atoms with Crippen molar-refractivity contribution in [3.05, 3.63) is 47.1 Å². The molecule has 0 saturated heterocycles. The number of hydrogen-bond donors (Lipinski definition) is 1. The van der Waals surface area contributed by atoms with E-state index < -0.39 is 8.07 Å². The van der Waals surface area contributed by atoms with Crippen LogP contribution in [0.25, 0.3) is 12.2 Å². The number of oxazole rings is 1. The zero-order valence-electron chi connectivity index (χ0n) is 14.2. The van der Waals surface area contributed by atoms with Crippen molar-refractivity contribution in [1.29, 1.82) is 0 Å². The Morgan fingerprint density at radius 1 is 1.12 bits per heavy atom. The van der Waals surface area contributed by atoms with Crippen molar-refractivity contribution < 1.29 is 4.42 Å². The first-order valence-corrected chi connectivity index (χ1v) is 12.0. The van der Waals surface area contributed by atoms with Crippen LogP contribution in [0.15, 0.2) is 35.1 Å². The molecule has 3 aromatic rings. The van der Waals surface area contributed by atoms with Crippen molar-refractivity contribution in [2.24, 2.45) is 0 Å². The smallest absolute Gasteiger partial charge is 0.218 e. The number of aryl methyl sites for hydroxylation is 1. The summed E-state index contributed by atoms with van der Waals surface area (Å²) < 4.78 is 5.81. The minimum atomic E-state index is -1.45. The Bertz CT molecular complexity index is 863. The minimum Gasteiger partial charge on any atom is -0.447 e. The van der Waals surface area contributed by atoms with Gasteiger partial charge in [-0.3, -0.25) is 0 Å². The lowest BCUT2D eigenvalue weighted by Gasteiger charge is -2.09. The maximum atomic E-state index is 5.81. The van der Waals surface area contributed by atoms with Gasteiger partial charge in [0.2, 0.25) is 5.89 Å². The van der Waals surface area contributed by atoms with Crippen LogP contribution < -0.4 is 10.7 Å². The third kappa shape index (κ3) is 4.18. The topological polar surface area (TPSA) is 63.8 Å². The normalized spacial score (nSPS) is 12.0. The standard InChI is InChI=1S/C17H20N4OSSi/c1-12-7-8-18-14(9-12)21-17-20-10-13(23-17)5-6-15-19-11-16(22-15)24(2,3)4/h5-11H,1-4H3,(H,18,20,21). The highest BCUT2D eigenvalue weighted by atomic mass is 32.1. The van der Waals surface area contributed by atoms with E-state index in [9.17, 15) is 0 Å². The molecule has 0 atom stereocenters. The van der Waals surface area contributed by atoms with E-state index in [1.807, 2.05) is 43.6 Å². The SMILES string of the molecule is Cc1ccnc(Nc2ncc(C=Cc3ncc([Si](C)(C)C)o3)s2)c1. The number of aromatic nitrogens is 3. The number of anilines is 2. The summed E-state index contributed by atoms with van der Waals surface area (Å²) in [7, 11) is -1.45. The van der Waals surface area contributed by atoms with Crippen LogP contribution in [-0.2, 0) is 0 Å². The Hall–Kier alpha value is -2.25. The van der Waals surface area contributed by atoms with Crippen LogP contribution in [-0.4, -0.2) is 23.0 Å². The van der Waals surface area contributed by atoms with Crippen LogP contribution >= 0.6 is 11.3 Å². The van der Waals surface area contributed by atoms with Crippen LogP contribution in [0.5, 0.6) is 0 Å². The van der Waals surface area contributed by atoms with Crippen molar-refractivity contribution in [3.63, 3.8) is 0 Å². The van der Waals surface area contributed by atoms with Gasteiger partial charge in [-0.05, 0) is 30.7 Å². The molecule has 0 amide bonds. The molecule has 24 heavy (non-hydrogen) atoms. The summed E-state index contributed by atoms with van der Waals surface area (Å²) in [5, 5.41) is 5.04. The quantitative estimate of drug-likeness (QED) is 0.691. The second-order valence-corrected chi connectivity index (χ2v) is 12.6. The Kier molecular flexibility index (Phi) is 4.63. The van der Waals surface area contributed by atoms with E-state index >= 15 is 0 Å². The monoisotopic (exact) mass is 356 g/mol. The summed E-state index contributed by atoms with van der Waals surface area (Å²) in [6.45, 7) is 8.75. The second kappa shape index (κ2) is 6.70. The van der Waals surface area contributed by atoms with Gasteiger partial charge in [-0.25, -0.2) is 15.0 Å². The van der Waals surface area contributed by atoms with Crippen LogP contribution in [0.1, 0.15) is 16.3 Å². The zero-order chi connectivity index (χ0) is 17.2. The Balaban J connectivity index is 1.68. The number of thiazole rings is 1. The van der Waals surface area contributed by atoms with Gasteiger partial charge in [-0.1, -0.05) is 31.0 Å². The molecule has 0 aromatic carbocycles. The van der Waals surface area contributed by atoms with E-state index in [1.165, 1.54) is 0 Å². The lowest BCUT2D eigenvalue weighted by molar-refractivity contribution is 0.574. The molecule has 0 aliphatic rings. The predicted octanol–water partition coefficient (Wildman–Crippen LogP) is 4.29. The first-order valence-electron chi connectivity index (χ1n) is 7.70. The third-order valence-electron chi connectivity index (χ3n) is 3.33. The zero-order valence-corrected chi connectivity index (χ0v) is 16.0. The molecule has 0 spiro atoms. The van der Waals surface area contributed by atoms with Crippen LogP contribution in [0.4, 0.5) is 10.9 Å². The number of nitrogens with one attached hydrogen (secondary N) is 1. The molecule has 0 radical (unpaired) electrons. The van der Waals surface area contributed by atoms with E-state index in [1.54, 1.807) is 17.5 Å². The van der Waals surface area contributed by atoms with Gasteiger partial charge in [0.1, 0.15) is 19.3 Å². The maximum absolute atomic E-state index is 5.81. The van der Waals surface area contributed by atoms with E-state index in [0.717, 1.165) is 26.8 Å². The summed E-state index contributed by atoms with van der Waals surface area (Å²) in [6, 6.07) is 3.95. The van der Waals surface area contributed by atoms with Gasteiger partial charge >= 0.3 is 0 Å². The number of hydrogen-bond acceptors (Lipinski definition) is 6. The summed E-state index contributed by atoms with van der Waals surface area (Å²) in [5.41, 5.74) is 1.16. The highest BCUT2D eigenvalue weighted by Crippen LogP contribution is 2.23. The highest BCUT2D eigenvalue weighted by molar-refractivity contribution is 7.16. The molecule has 0 aliphatic heterocycles. The molecular weight excluding hydrogens is 336 g/mol. The van der Waals surface area contributed by atoms with E-state index in [0.29, 0.717) is 5.89 Å². The second-order valence-electron chi connectivity index (χ2n) is 6.56. The number of rotatable bonds is 5. The van der Waals surface area contributed by atoms with Crippen molar-refractivity contribution >= 4 is 47.9 Å². The molecule has 3 aromatic heterocycles. The van der Waals surface area contributed by atoms with Gasteiger partial charge in [-0.2, -0.15) is 0 Å². The average Bonchev–Trinajstić information content (AvgIpc) is 3.13. The molecule has 124 valence electrons. The van der Waals surface area contributed by atoms with E-state index in [4.69, 9.17) is 4.42 Å².